The fraction of sp³-hybridized carbons (Fsp3) is 0.222. The second-order valence-electron chi connectivity index (χ2n) is 5.36. The predicted molar refractivity (Wildman–Crippen MR) is 101 cm³/mol. The van der Waals surface area contributed by atoms with Crippen molar-refractivity contribution in [1.82, 2.24) is 16.2 Å². The number of hydrazine groups is 1. The summed E-state index contributed by atoms with van der Waals surface area (Å²) in [4.78, 5) is 12.2. The minimum Gasteiger partial charge on any atom is -0.490 e. The van der Waals surface area contributed by atoms with Crippen LogP contribution in [0.15, 0.2) is 42.5 Å². The lowest BCUT2D eigenvalue weighted by atomic mass is 10.2. The number of carbonyl (C=O) groups is 1. The third-order valence-electron chi connectivity index (χ3n) is 3.38. The highest BCUT2D eigenvalue weighted by Crippen LogP contribution is 2.29. The van der Waals surface area contributed by atoms with Crippen LogP contribution in [0.2, 0.25) is 0 Å². The number of ether oxygens (including phenoxy) is 2. The summed E-state index contributed by atoms with van der Waals surface area (Å²) >= 11 is 5.04. The van der Waals surface area contributed by atoms with Crippen LogP contribution in [-0.4, -0.2) is 24.2 Å². The number of halogens is 3. The number of nitrogens with one attached hydrogen (secondary N) is 3. The van der Waals surface area contributed by atoms with Gasteiger partial charge in [0.05, 0.1) is 6.61 Å². The molecule has 0 heterocycles. The first-order valence-corrected chi connectivity index (χ1v) is 8.60. The summed E-state index contributed by atoms with van der Waals surface area (Å²) in [7, 11) is 0. The molecule has 0 saturated carbocycles. The zero-order valence-electron chi connectivity index (χ0n) is 14.8. The van der Waals surface area contributed by atoms with Gasteiger partial charge in [0.15, 0.2) is 16.6 Å². The highest BCUT2D eigenvalue weighted by molar-refractivity contribution is 7.80. The molecular weight excluding hydrogens is 395 g/mol. The van der Waals surface area contributed by atoms with Crippen molar-refractivity contribution in [3.05, 3.63) is 59.4 Å². The van der Waals surface area contributed by atoms with Crippen LogP contribution >= 0.6 is 12.2 Å². The molecule has 0 aliphatic carbocycles. The standard InChI is InChI=1S/C18H18F3N3O3S/c1-2-26-15-9-12(5-8-14(15)27-17(20)21)16(25)23-24-18(28)22-10-11-3-6-13(19)7-4-11/h3-9,17H,2,10H2,1H3,(H,23,25)(H2,22,24,28). The van der Waals surface area contributed by atoms with E-state index in [9.17, 15) is 18.0 Å². The molecule has 0 aliphatic rings. The summed E-state index contributed by atoms with van der Waals surface area (Å²) in [6, 6.07) is 9.67. The maximum absolute atomic E-state index is 12.9. The summed E-state index contributed by atoms with van der Waals surface area (Å²) in [5.41, 5.74) is 5.84. The Labute approximate surface area is 165 Å². The Bertz CT molecular complexity index is 819. The summed E-state index contributed by atoms with van der Waals surface area (Å²) in [6.07, 6.45) is 0. The Hall–Kier alpha value is -3.01. The minimum atomic E-state index is -3.01. The van der Waals surface area contributed by atoms with Gasteiger partial charge >= 0.3 is 6.61 Å². The smallest absolute Gasteiger partial charge is 0.387 e. The Morgan fingerprint density at radius 1 is 1.11 bits per heavy atom. The molecule has 0 aromatic heterocycles. The maximum atomic E-state index is 12.9. The van der Waals surface area contributed by atoms with E-state index < -0.39 is 12.5 Å². The second kappa shape index (κ2) is 10.4. The number of amides is 1. The number of benzene rings is 2. The molecule has 150 valence electrons. The van der Waals surface area contributed by atoms with Gasteiger partial charge in [-0.2, -0.15) is 8.78 Å². The van der Waals surface area contributed by atoms with Crippen molar-refractivity contribution in [1.29, 1.82) is 0 Å². The summed E-state index contributed by atoms with van der Waals surface area (Å²) < 4.78 is 47.3. The average molecular weight is 413 g/mol. The fourth-order valence-electron chi connectivity index (χ4n) is 2.13. The largest absolute Gasteiger partial charge is 0.490 e. The molecule has 0 aliphatic heterocycles. The Morgan fingerprint density at radius 3 is 2.46 bits per heavy atom. The molecular formula is C18H18F3N3O3S. The summed E-state index contributed by atoms with van der Waals surface area (Å²) in [6.45, 7) is -0.799. The zero-order chi connectivity index (χ0) is 20.5. The highest BCUT2D eigenvalue weighted by Gasteiger charge is 2.14. The van der Waals surface area contributed by atoms with Gasteiger partial charge in [0.25, 0.3) is 5.91 Å². The van der Waals surface area contributed by atoms with E-state index >= 15 is 0 Å². The van der Waals surface area contributed by atoms with Gasteiger partial charge in [0, 0.05) is 12.1 Å². The Balaban J connectivity index is 1.89. The molecule has 28 heavy (non-hydrogen) atoms. The lowest BCUT2D eigenvalue weighted by Gasteiger charge is -2.14. The maximum Gasteiger partial charge on any atom is 0.387 e. The van der Waals surface area contributed by atoms with Crippen molar-refractivity contribution in [3.63, 3.8) is 0 Å². The summed E-state index contributed by atoms with van der Waals surface area (Å²) in [5.74, 6) is -1.05. The Morgan fingerprint density at radius 2 is 1.82 bits per heavy atom. The van der Waals surface area contributed by atoms with Crippen molar-refractivity contribution in [2.45, 2.75) is 20.1 Å². The third-order valence-corrected chi connectivity index (χ3v) is 3.62. The average Bonchev–Trinajstić information content (AvgIpc) is 2.66. The number of hydrogen-bond donors (Lipinski definition) is 3. The first-order valence-electron chi connectivity index (χ1n) is 8.19. The molecule has 10 heteroatoms. The number of carbonyl (C=O) groups excluding carboxylic acids is 1. The summed E-state index contributed by atoms with van der Waals surface area (Å²) in [5, 5.41) is 2.98. The van der Waals surface area contributed by atoms with Crippen molar-refractivity contribution in [2.24, 2.45) is 0 Å². The van der Waals surface area contributed by atoms with Gasteiger partial charge in [-0.1, -0.05) is 12.1 Å². The predicted octanol–water partition coefficient (Wildman–Crippen LogP) is 3.13. The van der Waals surface area contributed by atoms with Crippen molar-refractivity contribution in [3.8, 4) is 11.5 Å². The van der Waals surface area contributed by atoms with Gasteiger partial charge in [-0.3, -0.25) is 15.6 Å². The first kappa shape index (κ1) is 21.3. The second-order valence-corrected chi connectivity index (χ2v) is 5.77. The number of alkyl halides is 2. The van der Waals surface area contributed by atoms with E-state index in [1.54, 1.807) is 19.1 Å². The Kier molecular flexibility index (Phi) is 7.88. The number of rotatable bonds is 7. The molecule has 2 aromatic rings. The van der Waals surface area contributed by atoms with Crippen LogP contribution in [0.25, 0.3) is 0 Å². The van der Waals surface area contributed by atoms with Crippen molar-refractivity contribution < 1.29 is 27.4 Å². The van der Waals surface area contributed by atoms with E-state index in [0.717, 1.165) is 5.56 Å². The van der Waals surface area contributed by atoms with Gasteiger partial charge < -0.3 is 14.8 Å². The van der Waals surface area contributed by atoms with Gasteiger partial charge in [0.2, 0.25) is 0 Å². The molecule has 0 atom stereocenters. The molecule has 0 radical (unpaired) electrons. The quantitative estimate of drug-likeness (QED) is 0.479. The molecule has 0 fully saturated rings. The van der Waals surface area contributed by atoms with Gasteiger partial charge in [-0.05, 0) is 55.0 Å². The van der Waals surface area contributed by atoms with Crippen LogP contribution < -0.4 is 25.6 Å². The van der Waals surface area contributed by atoms with Gasteiger partial charge in [0.1, 0.15) is 5.82 Å². The minimum absolute atomic E-state index is 0.0208. The zero-order valence-corrected chi connectivity index (χ0v) is 15.6. The van der Waals surface area contributed by atoms with E-state index in [1.165, 1.54) is 30.3 Å². The molecule has 0 bridgehead atoms. The first-order chi connectivity index (χ1) is 13.4. The van der Waals surface area contributed by atoms with Crippen LogP contribution in [0.5, 0.6) is 11.5 Å². The molecule has 2 aromatic carbocycles. The lowest BCUT2D eigenvalue weighted by molar-refractivity contribution is -0.0514. The van der Waals surface area contributed by atoms with E-state index in [2.05, 4.69) is 20.9 Å². The van der Waals surface area contributed by atoms with Crippen LogP contribution in [0, 0.1) is 5.82 Å². The molecule has 0 spiro atoms. The van der Waals surface area contributed by atoms with Crippen molar-refractivity contribution >= 4 is 23.2 Å². The highest BCUT2D eigenvalue weighted by atomic mass is 32.1. The lowest BCUT2D eigenvalue weighted by Crippen LogP contribution is -2.46. The van der Waals surface area contributed by atoms with Crippen molar-refractivity contribution in [2.75, 3.05) is 6.61 Å². The molecule has 0 saturated heterocycles. The SMILES string of the molecule is CCOc1cc(C(=O)NNC(=S)NCc2ccc(F)cc2)ccc1OC(F)F. The van der Waals surface area contributed by atoms with Crippen LogP contribution in [-0.2, 0) is 6.54 Å². The van der Waals surface area contributed by atoms with Crippen LogP contribution in [0.3, 0.4) is 0 Å². The third kappa shape index (κ3) is 6.62. The molecule has 3 N–H and O–H groups in total. The molecule has 6 nitrogen and oxygen atoms in total. The molecule has 0 unspecified atom stereocenters. The van der Waals surface area contributed by atoms with E-state index in [4.69, 9.17) is 17.0 Å². The van der Waals surface area contributed by atoms with E-state index in [0.29, 0.717) is 6.54 Å². The topological polar surface area (TPSA) is 71.6 Å². The monoisotopic (exact) mass is 413 g/mol. The van der Waals surface area contributed by atoms with E-state index in [1.807, 2.05) is 0 Å². The number of thiocarbonyl (C=S) groups is 1. The molecule has 1 amide bonds. The van der Waals surface area contributed by atoms with Crippen LogP contribution in [0.4, 0.5) is 13.2 Å². The molecule has 2 rings (SSSR count). The van der Waals surface area contributed by atoms with Gasteiger partial charge in [-0.25, -0.2) is 4.39 Å². The van der Waals surface area contributed by atoms with E-state index in [-0.39, 0.29) is 34.6 Å². The fourth-order valence-corrected chi connectivity index (χ4v) is 2.25. The normalized spacial score (nSPS) is 10.3. The number of hydrogen-bond acceptors (Lipinski definition) is 4. The van der Waals surface area contributed by atoms with Crippen LogP contribution in [0.1, 0.15) is 22.8 Å². The van der Waals surface area contributed by atoms with Gasteiger partial charge in [-0.15, -0.1) is 0 Å².